The Balaban J connectivity index is 1.68. The fourth-order valence-electron chi connectivity index (χ4n) is 3.07. The van der Waals surface area contributed by atoms with E-state index in [-0.39, 0.29) is 12.0 Å². The Morgan fingerprint density at radius 3 is 2.55 bits per heavy atom. The lowest BCUT2D eigenvalue weighted by atomic mass is 10.1. The minimum Gasteiger partial charge on any atom is -0.324 e. The van der Waals surface area contributed by atoms with Gasteiger partial charge in [0.15, 0.2) is 0 Å². The van der Waals surface area contributed by atoms with Crippen LogP contribution < -0.4 is 5.32 Å². The Morgan fingerprint density at radius 1 is 1.07 bits per heavy atom. The molecular formula is C22H31FNO3PS. The van der Waals surface area contributed by atoms with Crippen molar-refractivity contribution in [2.45, 2.75) is 50.5 Å². The lowest BCUT2D eigenvalue weighted by Crippen LogP contribution is -2.16. The molecule has 0 aliphatic carbocycles. The monoisotopic (exact) mass is 439 g/mol. The van der Waals surface area contributed by atoms with Gasteiger partial charge in [-0.15, -0.1) is 11.8 Å². The number of rotatable bonds is 13. The summed E-state index contributed by atoms with van der Waals surface area (Å²) in [6, 6.07) is 13.9. The second-order valence-electron chi connectivity index (χ2n) is 7.27. The Bertz CT molecular complexity index is 798. The summed E-state index contributed by atoms with van der Waals surface area (Å²) < 4.78 is 25.2. The van der Waals surface area contributed by atoms with Crippen molar-refractivity contribution in [3.05, 3.63) is 65.0 Å². The number of unbranched alkanes of at least 4 members (excludes halogenated alkanes) is 2. The average Bonchev–Trinajstić information content (AvgIpc) is 2.67. The molecule has 0 radical (unpaired) electrons. The molecule has 3 N–H and O–H groups in total. The van der Waals surface area contributed by atoms with E-state index in [9.17, 15) is 8.96 Å². The van der Waals surface area contributed by atoms with Crippen LogP contribution in [-0.2, 0) is 17.5 Å². The smallest absolute Gasteiger partial charge is 0.324 e. The topological polar surface area (TPSA) is 69.6 Å². The first-order chi connectivity index (χ1) is 13.8. The van der Waals surface area contributed by atoms with Crippen LogP contribution in [0.1, 0.15) is 42.4 Å². The van der Waals surface area contributed by atoms with E-state index < -0.39 is 7.60 Å². The largest absolute Gasteiger partial charge is 0.325 e. The molecule has 0 spiro atoms. The van der Waals surface area contributed by atoms with Crippen LogP contribution in [0.3, 0.4) is 0 Å². The third-order valence-electron chi connectivity index (χ3n) is 4.72. The normalized spacial score (nSPS) is 11.7. The molecule has 2 rings (SSSR count). The highest BCUT2D eigenvalue weighted by Gasteiger charge is 2.12. The molecule has 160 valence electrons. The zero-order valence-electron chi connectivity index (χ0n) is 16.9. The van der Waals surface area contributed by atoms with Gasteiger partial charge in [0.25, 0.3) is 0 Å². The van der Waals surface area contributed by atoms with Gasteiger partial charge in [0.05, 0.1) is 6.16 Å². The second kappa shape index (κ2) is 12.5. The van der Waals surface area contributed by atoms with Crippen LogP contribution >= 0.6 is 19.4 Å². The van der Waals surface area contributed by atoms with Crippen molar-refractivity contribution < 1.29 is 18.7 Å². The van der Waals surface area contributed by atoms with Gasteiger partial charge >= 0.3 is 7.60 Å². The third kappa shape index (κ3) is 9.92. The number of nitrogens with one attached hydrogen (secondary N) is 1. The molecule has 0 unspecified atom stereocenters. The predicted octanol–water partition coefficient (Wildman–Crippen LogP) is 5.30. The number of benzene rings is 2. The molecule has 0 aliphatic rings. The van der Waals surface area contributed by atoms with Gasteiger partial charge in [-0.3, -0.25) is 4.57 Å². The number of thioether (sulfide) groups is 1. The summed E-state index contributed by atoms with van der Waals surface area (Å²) >= 11 is 1.57. The summed E-state index contributed by atoms with van der Waals surface area (Å²) in [4.78, 5) is 18.4. The van der Waals surface area contributed by atoms with Gasteiger partial charge < -0.3 is 15.1 Å². The molecule has 0 atom stereocenters. The molecule has 29 heavy (non-hydrogen) atoms. The molecular weight excluding hydrogens is 408 g/mol. The summed E-state index contributed by atoms with van der Waals surface area (Å²) in [6.07, 6.45) is 4.71. The Labute approximate surface area is 177 Å². The lowest BCUT2D eigenvalue weighted by molar-refractivity contribution is 0.371. The molecule has 0 aromatic heterocycles. The highest BCUT2D eigenvalue weighted by molar-refractivity contribution is 7.99. The van der Waals surface area contributed by atoms with Gasteiger partial charge in [0.1, 0.15) is 5.82 Å². The molecule has 2 aromatic carbocycles. The van der Waals surface area contributed by atoms with E-state index in [2.05, 4.69) is 29.6 Å². The van der Waals surface area contributed by atoms with E-state index in [4.69, 9.17) is 9.79 Å². The lowest BCUT2D eigenvalue weighted by Gasteiger charge is -2.11. The first kappa shape index (κ1) is 24.1. The number of aryl methyl sites for hydroxylation is 2. The molecule has 0 bridgehead atoms. The molecule has 0 saturated carbocycles. The molecule has 7 heteroatoms. The van der Waals surface area contributed by atoms with E-state index in [1.165, 1.54) is 5.56 Å². The van der Waals surface area contributed by atoms with Crippen LogP contribution in [-0.4, -0.2) is 28.2 Å². The predicted molar refractivity (Wildman–Crippen MR) is 119 cm³/mol. The van der Waals surface area contributed by atoms with Crippen LogP contribution in [0.2, 0.25) is 0 Å². The maximum absolute atomic E-state index is 14.4. The van der Waals surface area contributed by atoms with Crippen molar-refractivity contribution in [1.29, 1.82) is 0 Å². The van der Waals surface area contributed by atoms with Crippen molar-refractivity contribution in [3.63, 3.8) is 0 Å². The fraction of sp³-hybridized carbons (Fsp3) is 0.455. The maximum Gasteiger partial charge on any atom is 0.325 e. The Morgan fingerprint density at radius 2 is 1.83 bits per heavy atom. The van der Waals surface area contributed by atoms with Crippen molar-refractivity contribution in [2.75, 3.05) is 18.5 Å². The van der Waals surface area contributed by atoms with Gasteiger partial charge in [0.2, 0.25) is 0 Å². The SMILES string of the molecule is Cc1cc(SCCCCCc2ccccc2)c(F)cc1CNCCCP(=O)(O)O. The van der Waals surface area contributed by atoms with Gasteiger partial charge in [-0.05, 0) is 73.7 Å². The number of hydrogen-bond acceptors (Lipinski definition) is 3. The van der Waals surface area contributed by atoms with Gasteiger partial charge in [-0.2, -0.15) is 0 Å². The fourth-order valence-corrected chi connectivity index (χ4v) is 4.66. The van der Waals surface area contributed by atoms with Gasteiger partial charge in [-0.25, -0.2) is 4.39 Å². The Kier molecular flexibility index (Phi) is 10.4. The highest BCUT2D eigenvalue weighted by Crippen LogP contribution is 2.34. The summed E-state index contributed by atoms with van der Waals surface area (Å²) in [5.41, 5.74) is 3.28. The van der Waals surface area contributed by atoms with E-state index in [0.29, 0.717) is 24.4 Å². The summed E-state index contributed by atoms with van der Waals surface area (Å²) in [6.45, 7) is 2.95. The minimum absolute atomic E-state index is 0.131. The highest BCUT2D eigenvalue weighted by atomic mass is 32.2. The average molecular weight is 440 g/mol. The van der Waals surface area contributed by atoms with Gasteiger partial charge in [0, 0.05) is 11.4 Å². The minimum atomic E-state index is -3.94. The number of halogens is 1. The molecule has 0 heterocycles. The van der Waals surface area contributed by atoms with Crippen molar-refractivity contribution in [2.24, 2.45) is 0 Å². The maximum atomic E-state index is 14.4. The van der Waals surface area contributed by atoms with Gasteiger partial charge in [-0.1, -0.05) is 36.8 Å². The third-order valence-corrected chi connectivity index (χ3v) is 6.73. The first-order valence-electron chi connectivity index (χ1n) is 10.1. The quantitative estimate of drug-likeness (QED) is 0.225. The molecule has 0 fully saturated rings. The van der Waals surface area contributed by atoms with Crippen molar-refractivity contribution >= 4 is 19.4 Å². The zero-order chi connectivity index (χ0) is 21.1. The molecule has 0 aliphatic heterocycles. The first-order valence-corrected chi connectivity index (χ1v) is 12.8. The Hall–Kier alpha value is -1.17. The summed E-state index contributed by atoms with van der Waals surface area (Å²) in [5.74, 6) is 0.711. The van der Waals surface area contributed by atoms with E-state index in [1.807, 2.05) is 19.1 Å². The van der Waals surface area contributed by atoms with Crippen LogP contribution in [0.25, 0.3) is 0 Å². The molecule has 4 nitrogen and oxygen atoms in total. The molecule has 0 amide bonds. The summed E-state index contributed by atoms with van der Waals surface area (Å²) in [5, 5.41) is 3.12. The van der Waals surface area contributed by atoms with Crippen LogP contribution in [0.5, 0.6) is 0 Å². The van der Waals surface area contributed by atoms with E-state index in [0.717, 1.165) is 42.6 Å². The van der Waals surface area contributed by atoms with Crippen molar-refractivity contribution in [3.8, 4) is 0 Å². The van der Waals surface area contributed by atoms with E-state index >= 15 is 0 Å². The van der Waals surface area contributed by atoms with Crippen LogP contribution in [0, 0.1) is 12.7 Å². The molecule has 0 saturated heterocycles. The molecule has 2 aromatic rings. The summed E-state index contributed by atoms with van der Waals surface area (Å²) in [7, 11) is -3.94. The van der Waals surface area contributed by atoms with Crippen LogP contribution in [0.4, 0.5) is 4.39 Å². The second-order valence-corrected chi connectivity index (χ2v) is 10.2. The standard InChI is InChI=1S/C22H31FNO3PS/c1-18-15-22(29-14-7-3-6-11-19-9-4-2-5-10-19)21(23)16-20(18)17-24-12-8-13-28(25,26)27/h2,4-5,9-10,15-16,24H,3,6-8,11-14,17H2,1H3,(H2,25,26,27). The van der Waals surface area contributed by atoms with Crippen LogP contribution in [0.15, 0.2) is 47.4 Å². The van der Waals surface area contributed by atoms with Crippen molar-refractivity contribution in [1.82, 2.24) is 5.32 Å². The number of hydrogen-bond donors (Lipinski definition) is 3. The van der Waals surface area contributed by atoms with E-state index in [1.54, 1.807) is 17.8 Å². The zero-order valence-corrected chi connectivity index (χ0v) is 18.7.